The Morgan fingerprint density at radius 1 is 0.917 bits per heavy atom. The number of carbonyl (C=O) groups excluding carboxylic acids is 2. The summed E-state index contributed by atoms with van der Waals surface area (Å²) in [6, 6.07) is 13.9. The van der Waals surface area contributed by atoms with Crippen LogP contribution in [0.4, 0.5) is 0 Å². The molecular formula is C19H20O5. The number of methoxy groups -OCH3 is 1. The zero-order valence-electron chi connectivity index (χ0n) is 13.8. The molecule has 0 spiro atoms. The van der Waals surface area contributed by atoms with Gasteiger partial charge in [-0.2, -0.15) is 0 Å². The summed E-state index contributed by atoms with van der Waals surface area (Å²) in [5.74, 6) is 0.465. The second-order valence-electron chi connectivity index (χ2n) is 5.07. The van der Waals surface area contributed by atoms with Crippen molar-refractivity contribution in [1.29, 1.82) is 0 Å². The molecule has 5 heteroatoms. The van der Waals surface area contributed by atoms with E-state index in [1.807, 2.05) is 31.2 Å². The van der Waals surface area contributed by atoms with Crippen molar-refractivity contribution in [2.24, 2.45) is 0 Å². The summed E-state index contributed by atoms with van der Waals surface area (Å²) < 4.78 is 15.2. The maximum Gasteiger partial charge on any atom is 0.337 e. The van der Waals surface area contributed by atoms with Crippen LogP contribution >= 0.6 is 0 Å². The molecule has 0 bridgehead atoms. The van der Waals surface area contributed by atoms with Crippen molar-refractivity contribution < 1.29 is 23.8 Å². The van der Waals surface area contributed by atoms with Crippen LogP contribution in [-0.2, 0) is 16.0 Å². The molecule has 0 aromatic heterocycles. The van der Waals surface area contributed by atoms with E-state index in [2.05, 4.69) is 4.74 Å². The van der Waals surface area contributed by atoms with Crippen LogP contribution in [0.5, 0.6) is 11.5 Å². The van der Waals surface area contributed by atoms with Crippen LogP contribution in [0.2, 0.25) is 0 Å². The number of carbonyl (C=O) groups is 2. The molecule has 0 aliphatic heterocycles. The van der Waals surface area contributed by atoms with Crippen LogP contribution in [-0.4, -0.2) is 25.7 Å². The molecule has 0 amide bonds. The first kappa shape index (κ1) is 17.5. The van der Waals surface area contributed by atoms with Gasteiger partial charge >= 0.3 is 11.9 Å². The second-order valence-corrected chi connectivity index (χ2v) is 5.07. The zero-order valence-corrected chi connectivity index (χ0v) is 13.8. The van der Waals surface area contributed by atoms with Gasteiger partial charge in [-0.1, -0.05) is 12.1 Å². The Morgan fingerprint density at radius 3 is 2.12 bits per heavy atom. The van der Waals surface area contributed by atoms with E-state index in [-0.39, 0.29) is 12.4 Å². The monoisotopic (exact) mass is 328 g/mol. The van der Waals surface area contributed by atoms with Crippen LogP contribution < -0.4 is 9.47 Å². The minimum atomic E-state index is -0.427. The molecule has 0 heterocycles. The Morgan fingerprint density at radius 2 is 1.54 bits per heavy atom. The maximum atomic E-state index is 11.9. The lowest BCUT2D eigenvalue weighted by Gasteiger charge is -2.06. The molecular weight excluding hydrogens is 308 g/mol. The lowest BCUT2D eigenvalue weighted by atomic mass is 10.1. The lowest BCUT2D eigenvalue weighted by molar-refractivity contribution is -0.134. The average Bonchev–Trinajstić information content (AvgIpc) is 2.61. The van der Waals surface area contributed by atoms with Gasteiger partial charge < -0.3 is 14.2 Å². The largest absolute Gasteiger partial charge is 0.494 e. The Kier molecular flexibility index (Phi) is 6.37. The van der Waals surface area contributed by atoms with Crippen molar-refractivity contribution in [3.8, 4) is 11.5 Å². The van der Waals surface area contributed by atoms with Crippen LogP contribution in [0.15, 0.2) is 48.5 Å². The second kappa shape index (κ2) is 8.72. The van der Waals surface area contributed by atoms with E-state index in [4.69, 9.17) is 9.47 Å². The predicted molar refractivity (Wildman–Crippen MR) is 89.3 cm³/mol. The van der Waals surface area contributed by atoms with Gasteiger partial charge in [0.15, 0.2) is 0 Å². The minimum Gasteiger partial charge on any atom is -0.494 e. The first-order valence-corrected chi connectivity index (χ1v) is 7.73. The van der Waals surface area contributed by atoms with Crippen molar-refractivity contribution >= 4 is 11.9 Å². The van der Waals surface area contributed by atoms with Gasteiger partial charge in [-0.25, -0.2) is 4.79 Å². The highest BCUT2D eigenvalue weighted by molar-refractivity contribution is 5.89. The maximum absolute atomic E-state index is 11.9. The van der Waals surface area contributed by atoms with Gasteiger partial charge in [-0.05, 0) is 55.3 Å². The summed E-state index contributed by atoms with van der Waals surface area (Å²) in [5, 5.41) is 0. The molecule has 24 heavy (non-hydrogen) atoms. The molecule has 2 rings (SSSR count). The van der Waals surface area contributed by atoms with Gasteiger partial charge in [-0.3, -0.25) is 4.79 Å². The number of aryl methyl sites for hydroxylation is 1. The Balaban J connectivity index is 1.83. The van der Waals surface area contributed by atoms with E-state index in [0.717, 1.165) is 11.3 Å². The highest BCUT2D eigenvalue weighted by atomic mass is 16.5. The van der Waals surface area contributed by atoms with E-state index < -0.39 is 5.97 Å². The third kappa shape index (κ3) is 5.12. The van der Waals surface area contributed by atoms with E-state index in [1.54, 1.807) is 24.3 Å². The van der Waals surface area contributed by atoms with Crippen LogP contribution in [0.25, 0.3) is 0 Å². The molecule has 0 saturated carbocycles. The van der Waals surface area contributed by atoms with Crippen molar-refractivity contribution in [1.82, 2.24) is 0 Å². The summed E-state index contributed by atoms with van der Waals surface area (Å²) in [6.07, 6.45) is 0.859. The van der Waals surface area contributed by atoms with Crippen molar-refractivity contribution in [3.63, 3.8) is 0 Å². The van der Waals surface area contributed by atoms with E-state index >= 15 is 0 Å². The third-order valence-corrected chi connectivity index (χ3v) is 3.36. The molecule has 0 fully saturated rings. The molecule has 126 valence electrons. The number of hydrogen-bond donors (Lipinski definition) is 0. The predicted octanol–water partition coefficient (Wildman–Crippen LogP) is 3.41. The number of benzene rings is 2. The van der Waals surface area contributed by atoms with Crippen LogP contribution in [0, 0.1) is 0 Å². The molecule has 0 saturated heterocycles. The molecule has 0 aliphatic rings. The highest BCUT2D eigenvalue weighted by Crippen LogP contribution is 2.16. The number of ether oxygens (including phenoxy) is 3. The summed E-state index contributed by atoms with van der Waals surface area (Å²) >= 11 is 0. The molecule has 0 radical (unpaired) electrons. The third-order valence-electron chi connectivity index (χ3n) is 3.36. The van der Waals surface area contributed by atoms with E-state index in [0.29, 0.717) is 24.3 Å². The fourth-order valence-corrected chi connectivity index (χ4v) is 2.12. The smallest absolute Gasteiger partial charge is 0.337 e. The van der Waals surface area contributed by atoms with Crippen LogP contribution in [0.1, 0.15) is 29.3 Å². The Labute approximate surface area is 141 Å². The standard InChI is InChI=1S/C19H20O5/c1-3-23-16-9-4-14(5-10-16)6-13-18(20)24-17-11-7-15(8-12-17)19(21)22-2/h4-5,7-12H,3,6,13H2,1-2H3. The number of hydrogen-bond acceptors (Lipinski definition) is 5. The van der Waals surface area contributed by atoms with Crippen molar-refractivity contribution in [3.05, 3.63) is 59.7 Å². The molecule has 0 atom stereocenters. The molecule has 5 nitrogen and oxygen atoms in total. The average molecular weight is 328 g/mol. The fraction of sp³-hybridized carbons (Fsp3) is 0.263. The SMILES string of the molecule is CCOc1ccc(CCC(=O)Oc2ccc(C(=O)OC)cc2)cc1. The molecule has 0 N–H and O–H groups in total. The van der Waals surface area contributed by atoms with Crippen molar-refractivity contribution in [2.75, 3.05) is 13.7 Å². The molecule has 2 aromatic rings. The molecule has 0 aliphatic carbocycles. The Hall–Kier alpha value is -2.82. The van der Waals surface area contributed by atoms with Gasteiger partial charge in [0.2, 0.25) is 0 Å². The van der Waals surface area contributed by atoms with Gasteiger partial charge in [-0.15, -0.1) is 0 Å². The van der Waals surface area contributed by atoms with Gasteiger partial charge in [0.05, 0.1) is 19.3 Å². The van der Waals surface area contributed by atoms with Crippen LogP contribution in [0.3, 0.4) is 0 Å². The Bertz CT molecular complexity index is 674. The van der Waals surface area contributed by atoms with Gasteiger partial charge in [0.25, 0.3) is 0 Å². The minimum absolute atomic E-state index is 0.271. The summed E-state index contributed by atoms with van der Waals surface area (Å²) in [4.78, 5) is 23.2. The quantitative estimate of drug-likeness (QED) is 0.576. The highest BCUT2D eigenvalue weighted by Gasteiger charge is 2.08. The normalized spacial score (nSPS) is 10.1. The summed E-state index contributed by atoms with van der Waals surface area (Å²) in [5.41, 5.74) is 1.45. The molecule has 2 aromatic carbocycles. The van der Waals surface area contributed by atoms with Gasteiger partial charge in [0.1, 0.15) is 11.5 Å². The number of esters is 2. The summed E-state index contributed by atoms with van der Waals surface area (Å²) in [6.45, 7) is 2.56. The first-order chi connectivity index (χ1) is 11.6. The van der Waals surface area contributed by atoms with E-state index in [1.165, 1.54) is 7.11 Å². The van der Waals surface area contributed by atoms with Gasteiger partial charge in [0, 0.05) is 6.42 Å². The summed E-state index contributed by atoms with van der Waals surface area (Å²) in [7, 11) is 1.32. The van der Waals surface area contributed by atoms with Crippen molar-refractivity contribution in [2.45, 2.75) is 19.8 Å². The topological polar surface area (TPSA) is 61.8 Å². The lowest BCUT2D eigenvalue weighted by Crippen LogP contribution is -2.09. The van der Waals surface area contributed by atoms with E-state index in [9.17, 15) is 9.59 Å². The molecule has 0 unspecified atom stereocenters. The number of rotatable bonds is 7. The first-order valence-electron chi connectivity index (χ1n) is 7.73. The zero-order chi connectivity index (χ0) is 17.4. The fourth-order valence-electron chi connectivity index (χ4n) is 2.12.